The van der Waals surface area contributed by atoms with Gasteiger partial charge in [-0.15, -0.1) is 0 Å². The van der Waals surface area contributed by atoms with Gasteiger partial charge in [0.15, 0.2) is 0 Å². The molecule has 0 spiro atoms. The Bertz CT molecular complexity index is 548. The summed E-state index contributed by atoms with van der Waals surface area (Å²) in [5, 5.41) is 0.482. The van der Waals surface area contributed by atoms with Crippen molar-refractivity contribution in [2.75, 3.05) is 0 Å². The summed E-state index contributed by atoms with van der Waals surface area (Å²) in [6.45, 7) is 1.85. The summed E-state index contributed by atoms with van der Waals surface area (Å²) in [4.78, 5) is 15.4. The molecule has 0 radical (unpaired) electrons. The van der Waals surface area contributed by atoms with Crippen LogP contribution in [0.25, 0.3) is 5.69 Å². The normalized spacial score (nSPS) is 10.4. The second kappa shape index (κ2) is 3.98. The van der Waals surface area contributed by atoms with E-state index in [-0.39, 0.29) is 0 Å². The van der Waals surface area contributed by atoms with Crippen LogP contribution in [0.5, 0.6) is 0 Å². The van der Waals surface area contributed by atoms with E-state index >= 15 is 0 Å². The van der Waals surface area contributed by atoms with Crippen LogP contribution in [0.2, 0.25) is 5.02 Å². The summed E-state index contributed by atoms with van der Waals surface area (Å²) in [5.74, 6) is 0.274. The van der Waals surface area contributed by atoms with Crippen molar-refractivity contribution in [2.45, 2.75) is 6.92 Å². The van der Waals surface area contributed by atoms with E-state index in [1.54, 1.807) is 35.2 Å². The number of hydrogen-bond donors (Lipinski definition) is 1. The Labute approximate surface area is 97.7 Å². The molecule has 0 unspecified atom stereocenters. The number of hydrogen-bond acceptors (Lipinski definition) is 2. The van der Waals surface area contributed by atoms with Crippen molar-refractivity contribution in [3.8, 4) is 5.69 Å². The molecule has 0 saturated carbocycles. The van der Waals surface area contributed by atoms with Crippen molar-refractivity contribution in [3.05, 3.63) is 47.0 Å². The third-order valence-corrected chi connectivity index (χ3v) is 2.54. The number of nitrogens with zero attached hydrogens (tertiary/aromatic N) is 2. The molecule has 0 atom stereocenters. The highest BCUT2D eigenvalue weighted by Gasteiger charge is 2.11. The van der Waals surface area contributed by atoms with Crippen molar-refractivity contribution >= 4 is 17.5 Å². The van der Waals surface area contributed by atoms with Gasteiger partial charge in [-0.2, -0.15) is 0 Å². The zero-order valence-electron chi connectivity index (χ0n) is 8.64. The van der Waals surface area contributed by atoms with E-state index in [0.717, 1.165) is 5.82 Å². The van der Waals surface area contributed by atoms with Gasteiger partial charge in [-0.25, -0.2) is 4.98 Å². The molecule has 0 saturated heterocycles. The minimum Gasteiger partial charge on any atom is -0.366 e. The minimum absolute atomic E-state index is 0.383. The molecule has 2 aromatic rings. The van der Waals surface area contributed by atoms with E-state index in [1.807, 2.05) is 6.92 Å². The van der Waals surface area contributed by atoms with Gasteiger partial charge in [0.05, 0.1) is 11.3 Å². The number of carbonyl (C=O) groups is 1. The molecule has 0 bridgehead atoms. The lowest BCUT2D eigenvalue weighted by Crippen LogP contribution is -2.14. The molecule has 1 heterocycles. The van der Waals surface area contributed by atoms with E-state index in [0.29, 0.717) is 16.3 Å². The zero-order chi connectivity index (χ0) is 11.7. The number of aryl methyl sites for hydroxylation is 1. The molecule has 1 aromatic heterocycles. The molecule has 0 aliphatic carbocycles. The maximum Gasteiger partial charge on any atom is 0.250 e. The number of amides is 1. The highest BCUT2D eigenvalue weighted by molar-refractivity contribution is 6.31. The lowest BCUT2D eigenvalue weighted by molar-refractivity contribution is 0.100. The van der Waals surface area contributed by atoms with E-state index in [9.17, 15) is 4.79 Å². The zero-order valence-corrected chi connectivity index (χ0v) is 9.40. The topological polar surface area (TPSA) is 60.9 Å². The molecule has 0 aliphatic rings. The van der Waals surface area contributed by atoms with Crippen molar-refractivity contribution in [2.24, 2.45) is 5.73 Å². The van der Waals surface area contributed by atoms with Crippen LogP contribution in [-0.4, -0.2) is 15.5 Å². The molecular formula is C11H10ClN3O. The van der Waals surface area contributed by atoms with Gasteiger partial charge in [0.1, 0.15) is 5.82 Å². The summed E-state index contributed by atoms with van der Waals surface area (Å²) in [6, 6.07) is 5.01. The highest BCUT2D eigenvalue weighted by Crippen LogP contribution is 2.20. The summed E-state index contributed by atoms with van der Waals surface area (Å²) < 4.78 is 1.79. The van der Waals surface area contributed by atoms with Gasteiger partial charge in [-0.3, -0.25) is 4.79 Å². The molecule has 5 heteroatoms. The molecule has 0 fully saturated rings. The monoisotopic (exact) mass is 235 g/mol. The number of halogens is 1. The van der Waals surface area contributed by atoms with Crippen molar-refractivity contribution in [1.29, 1.82) is 0 Å². The van der Waals surface area contributed by atoms with Gasteiger partial charge < -0.3 is 10.3 Å². The summed E-state index contributed by atoms with van der Waals surface area (Å²) in [7, 11) is 0. The first-order chi connectivity index (χ1) is 7.59. The molecular weight excluding hydrogens is 226 g/mol. The van der Waals surface area contributed by atoms with Crippen LogP contribution < -0.4 is 5.73 Å². The van der Waals surface area contributed by atoms with Gasteiger partial charge in [0.25, 0.3) is 5.91 Å². The Kier molecular flexibility index (Phi) is 2.66. The maximum absolute atomic E-state index is 11.3. The van der Waals surface area contributed by atoms with Crippen molar-refractivity contribution < 1.29 is 4.79 Å². The van der Waals surface area contributed by atoms with Crippen LogP contribution in [0.3, 0.4) is 0 Å². The van der Waals surface area contributed by atoms with Crippen LogP contribution in [0.4, 0.5) is 0 Å². The largest absolute Gasteiger partial charge is 0.366 e. The number of aromatic nitrogens is 2. The van der Waals surface area contributed by atoms with Gasteiger partial charge >= 0.3 is 0 Å². The van der Waals surface area contributed by atoms with Crippen LogP contribution in [-0.2, 0) is 0 Å². The lowest BCUT2D eigenvalue weighted by Gasteiger charge is -2.09. The van der Waals surface area contributed by atoms with Crippen LogP contribution in [0.1, 0.15) is 16.2 Å². The second-order valence-corrected chi connectivity index (χ2v) is 3.81. The van der Waals surface area contributed by atoms with Crippen LogP contribution in [0.15, 0.2) is 30.6 Å². The average Bonchev–Trinajstić information content (AvgIpc) is 2.64. The Balaban J connectivity index is 2.65. The second-order valence-electron chi connectivity index (χ2n) is 3.37. The first-order valence-electron chi connectivity index (χ1n) is 4.69. The Hall–Kier alpha value is -1.81. The number of imidazole rings is 1. The third kappa shape index (κ3) is 1.79. The fourth-order valence-electron chi connectivity index (χ4n) is 1.55. The molecule has 2 N–H and O–H groups in total. The molecule has 2 rings (SSSR count). The predicted molar refractivity (Wildman–Crippen MR) is 61.8 cm³/mol. The number of carbonyl (C=O) groups excluding carboxylic acids is 1. The van der Waals surface area contributed by atoms with Gasteiger partial charge in [0, 0.05) is 17.4 Å². The Morgan fingerprint density at radius 1 is 1.50 bits per heavy atom. The quantitative estimate of drug-likeness (QED) is 0.865. The predicted octanol–water partition coefficient (Wildman–Crippen LogP) is 1.93. The fraction of sp³-hybridized carbons (Fsp3) is 0.0909. The van der Waals surface area contributed by atoms with Gasteiger partial charge in [-0.1, -0.05) is 11.6 Å². The first-order valence-corrected chi connectivity index (χ1v) is 5.07. The fourth-order valence-corrected chi connectivity index (χ4v) is 1.72. The van der Waals surface area contributed by atoms with Gasteiger partial charge in [-0.05, 0) is 25.1 Å². The van der Waals surface area contributed by atoms with Crippen molar-refractivity contribution in [3.63, 3.8) is 0 Å². The van der Waals surface area contributed by atoms with E-state index in [1.165, 1.54) is 0 Å². The molecule has 4 nitrogen and oxygen atoms in total. The molecule has 0 aliphatic heterocycles. The first kappa shape index (κ1) is 10.7. The summed E-state index contributed by atoms with van der Waals surface area (Å²) >= 11 is 5.83. The molecule has 82 valence electrons. The SMILES string of the molecule is Cc1nccn1-c1ccc(Cl)cc1C(N)=O. The maximum atomic E-state index is 11.3. The number of nitrogens with two attached hydrogens (primary N) is 1. The van der Waals surface area contributed by atoms with E-state index in [4.69, 9.17) is 17.3 Å². The van der Waals surface area contributed by atoms with Gasteiger partial charge in [0.2, 0.25) is 0 Å². The van der Waals surface area contributed by atoms with Crippen LogP contribution >= 0.6 is 11.6 Å². The number of benzene rings is 1. The molecule has 1 amide bonds. The smallest absolute Gasteiger partial charge is 0.250 e. The number of rotatable bonds is 2. The van der Waals surface area contributed by atoms with E-state index < -0.39 is 5.91 Å². The Morgan fingerprint density at radius 2 is 2.25 bits per heavy atom. The minimum atomic E-state index is -0.509. The standard InChI is InChI=1S/C11H10ClN3O/c1-7-14-4-5-15(7)10-3-2-8(12)6-9(10)11(13)16/h2-6H,1H3,(H2,13,16). The highest BCUT2D eigenvalue weighted by atomic mass is 35.5. The number of primary amides is 1. The lowest BCUT2D eigenvalue weighted by atomic mass is 10.1. The summed E-state index contributed by atoms with van der Waals surface area (Å²) in [5.41, 5.74) is 6.38. The van der Waals surface area contributed by atoms with E-state index in [2.05, 4.69) is 4.98 Å². The van der Waals surface area contributed by atoms with Crippen LogP contribution in [0, 0.1) is 6.92 Å². The summed E-state index contributed by atoms with van der Waals surface area (Å²) in [6.07, 6.45) is 3.43. The molecule has 1 aromatic carbocycles. The molecule has 16 heavy (non-hydrogen) atoms. The Morgan fingerprint density at radius 3 is 2.81 bits per heavy atom. The average molecular weight is 236 g/mol. The van der Waals surface area contributed by atoms with Crippen molar-refractivity contribution in [1.82, 2.24) is 9.55 Å². The third-order valence-electron chi connectivity index (χ3n) is 2.31.